The fourth-order valence-electron chi connectivity index (χ4n) is 3.60. The summed E-state index contributed by atoms with van der Waals surface area (Å²) in [7, 11) is 1.71. The van der Waals surface area contributed by atoms with E-state index in [0.717, 1.165) is 25.9 Å². The lowest BCUT2D eigenvalue weighted by Gasteiger charge is -2.34. The Kier molecular flexibility index (Phi) is 6.29. The second-order valence-electron chi connectivity index (χ2n) is 6.91. The molecule has 1 atom stereocenters. The maximum absolute atomic E-state index is 12.5. The molecule has 0 aliphatic carbocycles. The molecule has 26 heavy (non-hydrogen) atoms. The van der Waals surface area contributed by atoms with Gasteiger partial charge in [0.2, 0.25) is 0 Å². The molecule has 2 N–H and O–H groups in total. The Labute approximate surface area is 156 Å². The number of guanidine groups is 1. The number of likely N-dealkylation sites (tertiary alicyclic amines) is 1. The van der Waals surface area contributed by atoms with E-state index >= 15 is 0 Å². The minimum Gasteiger partial charge on any atom is -0.363 e. The highest BCUT2D eigenvalue weighted by Gasteiger charge is 2.34. The van der Waals surface area contributed by atoms with Crippen LogP contribution in [0.5, 0.6) is 0 Å². The van der Waals surface area contributed by atoms with Gasteiger partial charge < -0.3 is 15.5 Å². The number of nitrogens with zero attached hydrogens (tertiary/aromatic N) is 3. The highest BCUT2D eigenvalue weighted by molar-refractivity contribution is 7.14. The van der Waals surface area contributed by atoms with E-state index in [2.05, 4.69) is 38.0 Å². The zero-order valence-electron chi connectivity index (χ0n) is 14.9. The number of aliphatic imine (C=N–C) groups is 1. The van der Waals surface area contributed by atoms with Gasteiger partial charge in [-0.3, -0.25) is 9.89 Å². The van der Waals surface area contributed by atoms with Crippen molar-refractivity contribution in [1.29, 1.82) is 0 Å². The van der Waals surface area contributed by atoms with Gasteiger partial charge in [0, 0.05) is 45.3 Å². The van der Waals surface area contributed by atoms with Crippen molar-refractivity contribution < 1.29 is 13.2 Å². The van der Waals surface area contributed by atoms with Gasteiger partial charge in [0.05, 0.1) is 11.5 Å². The topological polar surface area (TPSA) is 42.9 Å². The Morgan fingerprint density at radius 1 is 1.19 bits per heavy atom. The van der Waals surface area contributed by atoms with E-state index in [1.165, 1.54) is 9.90 Å². The third kappa shape index (κ3) is 5.51. The Morgan fingerprint density at radius 2 is 1.88 bits per heavy atom. The third-order valence-corrected chi connectivity index (χ3v) is 5.82. The summed E-state index contributed by atoms with van der Waals surface area (Å²) < 4.78 is 37.5. The van der Waals surface area contributed by atoms with Crippen molar-refractivity contribution in [3.8, 4) is 0 Å². The number of hydrogen-bond acceptors (Lipinski definition) is 4. The molecule has 0 saturated carbocycles. The Morgan fingerprint density at radius 3 is 2.50 bits per heavy atom. The molecule has 2 aliphatic rings. The number of thiophene rings is 1. The number of halogens is 3. The van der Waals surface area contributed by atoms with E-state index in [1.54, 1.807) is 18.4 Å². The molecule has 0 spiro atoms. The quantitative estimate of drug-likeness (QED) is 0.614. The van der Waals surface area contributed by atoms with Crippen molar-refractivity contribution in [1.82, 2.24) is 15.5 Å². The predicted octanol–water partition coefficient (Wildman–Crippen LogP) is 2.52. The van der Waals surface area contributed by atoms with Crippen LogP contribution in [-0.2, 0) is 0 Å². The van der Waals surface area contributed by atoms with E-state index in [1.807, 2.05) is 0 Å². The van der Waals surface area contributed by atoms with E-state index in [4.69, 9.17) is 0 Å². The fraction of sp³-hybridized carbons (Fsp3) is 0.706. The summed E-state index contributed by atoms with van der Waals surface area (Å²) in [6, 6.07) is 4.56. The summed E-state index contributed by atoms with van der Waals surface area (Å²) in [5, 5.41) is 10.1. The van der Waals surface area contributed by atoms with Crippen molar-refractivity contribution in [2.24, 2.45) is 4.99 Å². The summed E-state index contributed by atoms with van der Waals surface area (Å²) in [4.78, 5) is 8.10. The van der Waals surface area contributed by atoms with Crippen molar-refractivity contribution in [2.45, 2.75) is 37.5 Å². The maximum Gasteiger partial charge on any atom is 0.401 e. The average Bonchev–Trinajstić information content (AvgIpc) is 3.25. The normalized spacial score (nSPS) is 23.5. The highest BCUT2D eigenvalue weighted by Crippen LogP contribution is 2.25. The second kappa shape index (κ2) is 8.47. The first-order valence-corrected chi connectivity index (χ1v) is 9.88. The molecular formula is C17H26F3N5S. The number of alkyl halides is 3. The number of rotatable bonds is 4. The molecule has 2 saturated heterocycles. The van der Waals surface area contributed by atoms with E-state index < -0.39 is 12.7 Å². The van der Waals surface area contributed by atoms with Gasteiger partial charge in [-0.15, -0.1) is 11.3 Å². The molecule has 1 aromatic heterocycles. The van der Waals surface area contributed by atoms with Crippen LogP contribution in [0.2, 0.25) is 0 Å². The first kappa shape index (κ1) is 19.3. The Hall–Kier alpha value is -1.48. The molecule has 2 fully saturated rings. The van der Waals surface area contributed by atoms with E-state index in [9.17, 15) is 13.2 Å². The minimum atomic E-state index is -4.13. The van der Waals surface area contributed by atoms with Crippen LogP contribution in [0.25, 0.3) is 0 Å². The monoisotopic (exact) mass is 389 g/mol. The first-order chi connectivity index (χ1) is 12.4. The minimum absolute atomic E-state index is 0.00903. The number of nitrogens with one attached hydrogen (secondary N) is 2. The van der Waals surface area contributed by atoms with Crippen LogP contribution >= 0.6 is 11.3 Å². The molecule has 3 heterocycles. The van der Waals surface area contributed by atoms with Crippen molar-refractivity contribution >= 4 is 22.3 Å². The Balaban J connectivity index is 1.42. The summed E-state index contributed by atoms with van der Waals surface area (Å²) in [6.07, 6.45) is -1.40. The summed E-state index contributed by atoms with van der Waals surface area (Å²) in [6.45, 7) is 2.03. The van der Waals surface area contributed by atoms with Gasteiger partial charge in [-0.2, -0.15) is 13.2 Å². The largest absolute Gasteiger partial charge is 0.401 e. The third-order valence-electron chi connectivity index (χ3n) is 4.89. The average molecular weight is 389 g/mol. The first-order valence-electron chi connectivity index (χ1n) is 9.00. The number of hydrogen-bond donors (Lipinski definition) is 2. The number of piperidine rings is 1. The van der Waals surface area contributed by atoms with Crippen LogP contribution in [0.15, 0.2) is 22.5 Å². The lowest BCUT2D eigenvalue weighted by molar-refractivity contribution is -0.143. The van der Waals surface area contributed by atoms with Gasteiger partial charge >= 0.3 is 6.18 Å². The van der Waals surface area contributed by atoms with Gasteiger partial charge in [0.25, 0.3) is 0 Å². The maximum atomic E-state index is 12.5. The summed E-state index contributed by atoms with van der Waals surface area (Å²) in [5.74, 6) is 0.693. The molecule has 0 radical (unpaired) electrons. The van der Waals surface area contributed by atoms with Crippen LogP contribution in [0, 0.1) is 0 Å². The molecule has 146 valence electrons. The van der Waals surface area contributed by atoms with Crippen molar-refractivity contribution in [3.05, 3.63) is 17.5 Å². The standard InChI is InChI=1S/C17H26F3N5S/c1-21-16(23-14-4-7-24(11-14)12-17(18,19)20)22-13-5-8-25(9-6-13)15-3-2-10-26-15/h2-3,10,13-14H,4-9,11-12H2,1H3,(H2,21,22,23). The summed E-state index contributed by atoms with van der Waals surface area (Å²) >= 11 is 1.76. The molecule has 2 aliphatic heterocycles. The molecule has 9 heteroatoms. The summed E-state index contributed by atoms with van der Waals surface area (Å²) in [5.41, 5.74) is 0. The molecule has 1 aromatic rings. The van der Waals surface area contributed by atoms with Gasteiger partial charge in [-0.25, -0.2) is 0 Å². The van der Waals surface area contributed by atoms with Crippen LogP contribution < -0.4 is 15.5 Å². The van der Waals surface area contributed by atoms with Gasteiger partial charge in [0.15, 0.2) is 5.96 Å². The fourth-order valence-corrected chi connectivity index (χ4v) is 4.38. The van der Waals surface area contributed by atoms with Crippen LogP contribution in [0.1, 0.15) is 19.3 Å². The molecule has 0 aromatic carbocycles. The number of anilines is 1. The lowest BCUT2D eigenvalue weighted by Crippen LogP contribution is -2.51. The molecule has 5 nitrogen and oxygen atoms in total. The van der Waals surface area contributed by atoms with Crippen molar-refractivity contribution in [3.63, 3.8) is 0 Å². The predicted molar refractivity (Wildman–Crippen MR) is 100 cm³/mol. The second-order valence-corrected chi connectivity index (χ2v) is 7.84. The molecule has 0 amide bonds. The smallest absolute Gasteiger partial charge is 0.363 e. The van der Waals surface area contributed by atoms with Gasteiger partial charge in [-0.05, 0) is 36.8 Å². The molecule has 1 unspecified atom stereocenters. The van der Waals surface area contributed by atoms with E-state index in [-0.39, 0.29) is 6.04 Å². The molecular weight excluding hydrogens is 363 g/mol. The lowest BCUT2D eigenvalue weighted by atomic mass is 10.1. The van der Waals surface area contributed by atoms with Gasteiger partial charge in [-0.1, -0.05) is 0 Å². The SMILES string of the molecule is CN=C(NC1CCN(c2cccs2)CC1)NC1CCN(CC(F)(F)F)C1. The van der Waals surface area contributed by atoms with Crippen LogP contribution in [0.3, 0.4) is 0 Å². The zero-order chi connectivity index (χ0) is 18.6. The molecule has 0 bridgehead atoms. The zero-order valence-corrected chi connectivity index (χ0v) is 15.7. The van der Waals surface area contributed by atoms with Crippen molar-refractivity contribution in [2.75, 3.05) is 44.7 Å². The van der Waals surface area contributed by atoms with Crippen LogP contribution in [0.4, 0.5) is 18.2 Å². The van der Waals surface area contributed by atoms with Gasteiger partial charge in [0.1, 0.15) is 0 Å². The molecule has 3 rings (SSSR count). The van der Waals surface area contributed by atoms with Crippen LogP contribution in [-0.4, -0.2) is 68.9 Å². The van der Waals surface area contributed by atoms with E-state index in [0.29, 0.717) is 31.5 Å². The highest BCUT2D eigenvalue weighted by atomic mass is 32.1. The Bertz CT molecular complexity index is 582.